The van der Waals surface area contributed by atoms with Crippen LogP contribution in [0.1, 0.15) is 18.2 Å². The van der Waals surface area contributed by atoms with Crippen LogP contribution in [-0.2, 0) is 12.8 Å². The minimum absolute atomic E-state index is 0.433. The Balaban J connectivity index is 2.11. The maximum absolute atomic E-state index is 8.60. The van der Waals surface area contributed by atoms with Crippen LogP contribution in [0, 0.1) is 11.3 Å². The van der Waals surface area contributed by atoms with Crippen LogP contribution in [0.4, 0.5) is 11.6 Å². The van der Waals surface area contributed by atoms with E-state index in [0.717, 1.165) is 23.4 Å². The molecule has 0 radical (unpaired) electrons. The van der Waals surface area contributed by atoms with Gasteiger partial charge in [-0.15, -0.1) is 0 Å². The van der Waals surface area contributed by atoms with Gasteiger partial charge in [-0.1, -0.05) is 19.1 Å². The van der Waals surface area contributed by atoms with Crippen LogP contribution in [-0.4, -0.2) is 9.97 Å². The van der Waals surface area contributed by atoms with Crippen molar-refractivity contribution in [1.82, 2.24) is 9.97 Å². The van der Waals surface area contributed by atoms with Crippen LogP contribution >= 0.6 is 0 Å². The van der Waals surface area contributed by atoms with Crippen LogP contribution in [0.5, 0.6) is 0 Å². The molecule has 0 amide bonds. The highest BCUT2D eigenvalue weighted by molar-refractivity contribution is 5.53. The number of nitriles is 1. The van der Waals surface area contributed by atoms with Gasteiger partial charge in [-0.25, -0.2) is 9.97 Å². The van der Waals surface area contributed by atoms with E-state index < -0.39 is 0 Å². The highest BCUT2D eigenvalue weighted by atomic mass is 15.1. The number of benzene rings is 1. The first-order valence-electron chi connectivity index (χ1n) is 5.86. The minimum Gasteiger partial charge on any atom is -0.324 e. The van der Waals surface area contributed by atoms with E-state index in [4.69, 9.17) is 5.26 Å². The molecule has 1 N–H and O–H groups in total. The number of hydrogen-bond acceptors (Lipinski definition) is 4. The van der Waals surface area contributed by atoms with Gasteiger partial charge in [0.1, 0.15) is 0 Å². The molecular formula is C14H14N4. The average Bonchev–Trinajstić information content (AvgIpc) is 2.42. The molecule has 1 heterocycles. The molecule has 0 saturated heterocycles. The normalized spacial score (nSPS) is 9.78. The predicted molar refractivity (Wildman–Crippen MR) is 70.5 cm³/mol. The van der Waals surface area contributed by atoms with Crippen molar-refractivity contribution in [3.05, 3.63) is 47.8 Å². The number of nitrogens with one attached hydrogen (secondary N) is 1. The minimum atomic E-state index is 0.433. The fourth-order valence-electron chi connectivity index (χ4n) is 1.58. The first-order chi connectivity index (χ1) is 8.81. The van der Waals surface area contributed by atoms with E-state index in [0.29, 0.717) is 12.4 Å². The zero-order valence-electron chi connectivity index (χ0n) is 10.2. The second kappa shape index (κ2) is 5.78. The van der Waals surface area contributed by atoms with Gasteiger partial charge in [-0.3, -0.25) is 0 Å². The number of nitrogens with zero attached hydrogens (tertiary/aromatic N) is 3. The third-order valence-electron chi connectivity index (χ3n) is 2.57. The highest BCUT2D eigenvalue weighted by Crippen LogP contribution is 2.14. The van der Waals surface area contributed by atoms with E-state index in [2.05, 4.69) is 28.3 Å². The molecule has 90 valence electrons. The van der Waals surface area contributed by atoms with Crippen LogP contribution in [0.2, 0.25) is 0 Å². The van der Waals surface area contributed by atoms with Crippen molar-refractivity contribution in [3.63, 3.8) is 0 Å². The Bertz CT molecular complexity index is 555. The lowest BCUT2D eigenvalue weighted by atomic mass is 10.1. The van der Waals surface area contributed by atoms with Gasteiger partial charge in [0, 0.05) is 17.6 Å². The zero-order valence-corrected chi connectivity index (χ0v) is 10.2. The fourth-order valence-corrected chi connectivity index (χ4v) is 1.58. The number of aromatic nitrogens is 2. The molecule has 1 aromatic carbocycles. The SMILES string of the molecule is CCc1ccnc(Nc2ccc(CC#N)cc2)n1. The molecule has 0 aliphatic heterocycles. The smallest absolute Gasteiger partial charge is 0.227 e. The summed E-state index contributed by atoms with van der Waals surface area (Å²) in [4.78, 5) is 8.54. The number of anilines is 2. The fraction of sp³-hybridized carbons (Fsp3) is 0.214. The molecule has 0 aliphatic carbocycles. The molecule has 0 spiro atoms. The Morgan fingerprint density at radius 3 is 2.67 bits per heavy atom. The first-order valence-corrected chi connectivity index (χ1v) is 5.86. The van der Waals surface area contributed by atoms with Gasteiger partial charge in [0.2, 0.25) is 5.95 Å². The second-order valence-electron chi connectivity index (χ2n) is 3.88. The van der Waals surface area contributed by atoms with Crippen LogP contribution in [0.15, 0.2) is 36.5 Å². The summed E-state index contributed by atoms with van der Waals surface area (Å²) in [5.41, 5.74) is 2.94. The van der Waals surface area contributed by atoms with Gasteiger partial charge in [0.15, 0.2) is 0 Å². The van der Waals surface area contributed by atoms with Gasteiger partial charge >= 0.3 is 0 Å². The second-order valence-corrected chi connectivity index (χ2v) is 3.88. The summed E-state index contributed by atoms with van der Waals surface area (Å²) in [6, 6.07) is 11.7. The van der Waals surface area contributed by atoms with Crippen molar-refractivity contribution in [3.8, 4) is 6.07 Å². The van der Waals surface area contributed by atoms with Crippen LogP contribution in [0.25, 0.3) is 0 Å². The van der Waals surface area contributed by atoms with E-state index in [9.17, 15) is 0 Å². The third kappa shape index (κ3) is 3.05. The number of hydrogen-bond donors (Lipinski definition) is 1. The van der Waals surface area contributed by atoms with E-state index in [1.54, 1.807) is 6.20 Å². The van der Waals surface area contributed by atoms with Crippen molar-refractivity contribution in [2.24, 2.45) is 0 Å². The first kappa shape index (κ1) is 12.1. The van der Waals surface area contributed by atoms with Crippen molar-refractivity contribution in [1.29, 1.82) is 5.26 Å². The highest BCUT2D eigenvalue weighted by Gasteiger charge is 1.99. The molecule has 0 bridgehead atoms. The topological polar surface area (TPSA) is 61.6 Å². The Labute approximate surface area is 106 Å². The summed E-state index contributed by atoms with van der Waals surface area (Å²) in [5, 5.41) is 11.7. The van der Waals surface area contributed by atoms with Crippen molar-refractivity contribution in [2.75, 3.05) is 5.32 Å². The van der Waals surface area contributed by atoms with Gasteiger partial charge in [0.25, 0.3) is 0 Å². The van der Waals surface area contributed by atoms with Crippen molar-refractivity contribution < 1.29 is 0 Å². The lowest BCUT2D eigenvalue weighted by Crippen LogP contribution is -1.99. The Morgan fingerprint density at radius 2 is 2.00 bits per heavy atom. The maximum atomic E-state index is 8.60. The van der Waals surface area contributed by atoms with Gasteiger partial charge < -0.3 is 5.32 Å². The summed E-state index contributed by atoms with van der Waals surface area (Å²) in [6.07, 6.45) is 3.07. The molecule has 4 nitrogen and oxygen atoms in total. The van der Waals surface area contributed by atoms with Crippen molar-refractivity contribution in [2.45, 2.75) is 19.8 Å². The average molecular weight is 238 g/mol. The molecule has 0 fully saturated rings. The van der Waals surface area contributed by atoms with Gasteiger partial charge in [0.05, 0.1) is 12.5 Å². The van der Waals surface area contributed by atoms with Crippen LogP contribution < -0.4 is 5.32 Å². The van der Waals surface area contributed by atoms with Gasteiger partial charge in [-0.2, -0.15) is 5.26 Å². The van der Waals surface area contributed by atoms with Crippen molar-refractivity contribution >= 4 is 11.6 Å². The lowest BCUT2D eigenvalue weighted by molar-refractivity contribution is 1.00. The summed E-state index contributed by atoms with van der Waals surface area (Å²) in [5.74, 6) is 0.599. The largest absolute Gasteiger partial charge is 0.324 e. The number of rotatable bonds is 4. The van der Waals surface area contributed by atoms with E-state index in [-0.39, 0.29) is 0 Å². The molecule has 1 aromatic heterocycles. The Kier molecular flexibility index (Phi) is 3.87. The standard InChI is InChI=1S/C14H14N4/c1-2-12-8-10-16-14(17-12)18-13-5-3-11(4-6-13)7-9-15/h3-6,8,10H,2,7H2,1H3,(H,16,17,18). The molecule has 4 heteroatoms. The maximum Gasteiger partial charge on any atom is 0.227 e. The van der Waals surface area contributed by atoms with E-state index in [1.165, 1.54) is 0 Å². The lowest BCUT2D eigenvalue weighted by Gasteiger charge is -2.06. The van der Waals surface area contributed by atoms with E-state index in [1.807, 2.05) is 30.3 Å². The Hall–Kier alpha value is -2.41. The third-order valence-corrected chi connectivity index (χ3v) is 2.57. The van der Waals surface area contributed by atoms with E-state index >= 15 is 0 Å². The quantitative estimate of drug-likeness (QED) is 0.889. The summed E-state index contributed by atoms with van der Waals surface area (Å²) < 4.78 is 0. The Morgan fingerprint density at radius 1 is 1.22 bits per heavy atom. The summed E-state index contributed by atoms with van der Waals surface area (Å²) in [6.45, 7) is 2.06. The monoisotopic (exact) mass is 238 g/mol. The predicted octanol–water partition coefficient (Wildman–Crippen LogP) is 2.85. The molecule has 0 unspecified atom stereocenters. The molecule has 0 atom stereocenters. The van der Waals surface area contributed by atoms with Gasteiger partial charge in [-0.05, 0) is 30.2 Å². The zero-order chi connectivity index (χ0) is 12.8. The van der Waals surface area contributed by atoms with Crippen LogP contribution in [0.3, 0.4) is 0 Å². The summed E-state index contributed by atoms with van der Waals surface area (Å²) in [7, 11) is 0. The molecule has 0 saturated carbocycles. The molecule has 2 rings (SSSR count). The summed E-state index contributed by atoms with van der Waals surface area (Å²) >= 11 is 0. The molecule has 0 aliphatic rings. The number of aryl methyl sites for hydroxylation is 1. The molecular weight excluding hydrogens is 224 g/mol. The molecule has 2 aromatic rings. The molecule has 18 heavy (non-hydrogen) atoms.